The van der Waals surface area contributed by atoms with Gasteiger partial charge in [0.1, 0.15) is 23.5 Å². The van der Waals surface area contributed by atoms with Gasteiger partial charge in [-0.05, 0) is 29.2 Å². The number of ether oxygens (including phenoxy) is 1. The van der Waals surface area contributed by atoms with Gasteiger partial charge in [-0.15, -0.1) is 0 Å². The lowest BCUT2D eigenvalue weighted by molar-refractivity contribution is -0.159. The number of aliphatic hydroxyl groups is 1. The van der Waals surface area contributed by atoms with Crippen LogP contribution in [0.2, 0.25) is 5.02 Å². The van der Waals surface area contributed by atoms with Gasteiger partial charge in [0.15, 0.2) is 0 Å². The summed E-state index contributed by atoms with van der Waals surface area (Å²) < 4.78 is 45.0. The SMILES string of the molecule is CC(F)(F)Oc1ccc(-c2ccc(C(O)(c3cncnc3)C(C)(C)C)c(Cl)c2)c(F)c1. The second-order valence-corrected chi connectivity index (χ2v) is 8.74. The van der Waals surface area contributed by atoms with Crippen LogP contribution in [0.4, 0.5) is 13.2 Å². The van der Waals surface area contributed by atoms with E-state index in [1.54, 1.807) is 12.1 Å². The molecule has 0 amide bonds. The van der Waals surface area contributed by atoms with Crippen molar-refractivity contribution in [1.29, 1.82) is 0 Å². The fourth-order valence-electron chi connectivity index (χ4n) is 3.45. The molecule has 1 heterocycles. The molecule has 0 aliphatic carbocycles. The molecule has 0 saturated carbocycles. The van der Waals surface area contributed by atoms with Crippen LogP contribution in [-0.2, 0) is 5.60 Å². The predicted octanol–water partition coefficient (Wildman–Crippen LogP) is 6.21. The molecule has 2 aromatic carbocycles. The van der Waals surface area contributed by atoms with E-state index in [0.717, 1.165) is 6.07 Å². The van der Waals surface area contributed by atoms with Crippen molar-refractivity contribution in [3.63, 3.8) is 0 Å². The van der Waals surface area contributed by atoms with Gasteiger partial charge in [0, 0.05) is 47.1 Å². The lowest BCUT2D eigenvalue weighted by Gasteiger charge is -2.41. The van der Waals surface area contributed by atoms with E-state index in [-0.39, 0.29) is 16.3 Å². The molecule has 3 rings (SSSR count). The lowest BCUT2D eigenvalue weighted by atomic mass is 9.69. The first-order chi connectivity index (χ1) is 14.3. The first-order valence-electron chi connectivity index (χ1n) is 9.47. The quantitative estimate of drug-likeness (QED) is 0.502. The van der Waals surface area contributed by atoms with Crippen LogP contribution >= 0.6 is 11.6 Å². The molecular formula is C23H22ClF3N2O2. The summed E-state index contributed by atoms with van der Waals surface area (Å²) in [6.07, 6.45) is 0.980. The van der Waals surface area contributed by atoms with Crippen molar-refractivity contribution < 1.29 is 23.0 Å². The molecule has 164 valence electrons. The Hall–Kier alpha value is -2.64. The van der Waals surface area contributed by atoms with Crippen LogP contribution in [0.25, 0.3) is 11.1 Å². The van der Waals surface area contributed by atoms with Crippen LogP contribution in [0.3, 0.4) is 0 Å². The van der Waals surface area contributed by atoms with Gasteiger partial charge in [-0.25, -0.2) is 14.4 Å². The maximum Gasteiger partial charge on any atom is 0.394 e. The molecule has 0 saturated heterocycles. The van der Waals surface area contributed by atoms with Gasteiger partial charge in [0.25, 0.3) is 0 Å². The van der Waals surface area contributed by atoms with Gasteiger partial charge in [-0.1, -0.05) is 44.5 Å². The van der Waals surface area contributed by atoms with E-state index in [9.17, 15) is 18.3 Å². The first-order valence-corrected chi connectivity index (χ1v) is 9.85. The topological polar surface area (TPSA) is 55.2 Å². The number of alkyl halides is 2. The molecule has 0 fully saturated rings. The van der Waals surface area contributed by atoms with E-state index in [2.05, 4.69) is 14.7 Å². The fraction of sp³-hybridized carbons (Fsp3) is 0.304. The molecule has 3 aromatic rings. The predicted molar refractivity (Wildman–Crippen MR) is 113 cm³/mol. The van der Waals surface area contributed by atoms with Crippen molar-refractivity contribution in [2.45, 2.75) is 39.4 Å². The highest BCUT2D eigenvalue weighted by Gasteiger charge is 2.45. The molecule has 0 aliphatic heterocycles. The van der Waals surface area contributed by atoms with E-state index in [1.807, 2.05) is 20.8 Å². The third-order valence-corrected chi connectivity index (χ3v) is 5.28. The minimum absolute atomic E-state index is 0.155. The minimum atomic E-state index is -3.42. The van der Waals surface area contributed by atoms with Crippen LogP contribution in [0.1, 0.15) is 38.8 Å². The number of rotatable bonds is 5. The zero-order valence-corrected chi connectivity index (χ0v) is 18.2. The third-order valence-electron chi connectivity index (χ3n) is 4.97. The first kappa shape index (κ1) is 23.0. The summed E-state index contributed by atoms with van der Waals surface area (Å²) in [7, 11) is 0. The van der Waals surface area contributed by atoms with Crippen molar-refractivity contribution >= 4 is 11.6 Å². The molecular weight excluding hydrogens is 429 g/mol. The zero-order valence-electron chi connectivity index (χ0n) is 17.5. The maximum absolute atomic E-state index is 14.6. The molecule has 0 bridgehead atoms. The maximum atomic E-state index is 14.6. The molecule has 1 N–H and O–H groups in total. The molecule has 1 unspecified atom stereocenters. The highest BCUT2D eigenvalue weighted by molar-refractivity contribution is 6.31. The normalized spacial score (nSPS) is 14.2. The minimum Gasteiger partial charge on any atom is -0.433 e. The molecule has 4 nitrogen and oxygen atoms in total. The smallest absolute Gasteiger partial charge is 0.394 e. The number of halogens is 4. The molecule has 8 heteroatoms. The summed E-state index contributed by atoms with van der Waals surface area (Å²) in [6.45, 7) is 6.13. The van der Waals surface area contributed by atoms with Crippen molar-refractivity contribution in [2.75, 3.05) is 0 Å². The number of nitrogens with zero attached hydrogens (tertiary/aromatic N) is 2. The average Bonchev–Trinajstić information content (AvgIpc) is 2.66. The lowest BCUT2D eigenvalue weighted by Crippen LogP contribution is -2.41. The van der Waals surface area contributed by atoms with Gasteiger partial charge in [-0.2, -0.15) is 8.78 Å². The van der Waals surface area contributed by atoms with Crippen molar-refractivity contribution in [3.8, 4) is 16.9 Å². The Morgan fingerprint density at radius 1 is 0.968 bits per heavy atom. The Balaban J connectivity index is 2.05. The highest BCUT2D eigenvalue weighted by Crippen LogP contribution is 2.47. The summed E-state index contributed by atoms with van der Waals surface area (Å²) in [5, 5.41) is 11.9. The monoisotopic (exact) mass is 450 g/mol. The Morgan fingerprint density at radius 3 is 2.13 bits per heavy atom. The zero-order chi connectivity index (χ0) is 23.0. The average molecular weight is 451 g/mol. The highest BCUT2D eigenvalue weighted by atomic mass is 35.5. The Bertz CT molecular complexity index is 1080. The Morgan fingerprint density at radius 2 is 1.61 bits per heavy atom. The summed E-state index contributed by atoms with van der Waals surface area (Å²) in [6, 6.07) is 8.22. The summed E-state index contributed by atoms with van der Waals surface area (Å²) >= 11 is 6.54. The van der Waals surface area contributed by atoms with Gasteiger partial charge in [0.05, 0.1) is 0 Å². The van der Waals surface area contributed by atoms with Gasteiger partial charge in [-0.3, -0.25) is 0 Å². The van der Waals surface area contributed by atoms with E-state index >= 15 is 0 Å². The summed E-state index contributed by atoms with van der Waals surface area (Å²) in [4.78, 5) is 8.00. The van der Waals surface area contributed by atoms with Crippen LogP contribution in [0.5, 0.6) is 5.75 Å². The van der Waals surface area contributed by atoms with Gasteiger partial charge < -0.3 is 9.84 Å². The second kappa shape index (κ2) is 8.13. The van der Waals surface area contributed by atoms with E-state index in [4.69, 9.17) is 11.6 Å². The Kier molecular flexibility index (Phi) is 6.04. The molecule has 31 heavy (non-hydrogen) atoms. The summed E-state index contributed by atoms with van der Waals surface area (Å²) in [5.74, 6) is -1.03. The molecule has 0 aliphatic rings. The summed E-state index contributed by atoms with van der Waals surface area (Å²) in [5.41, 5.74) is -0.758. The molecule has 1 aromatic heterocycles. The van der Waals surface area contributed by atoms with Crippen molar-refractivity contribution in [3.05, 3.63) is 77.1 Å². The van der Waals surface area contributed by atoms with Crippen LogP contribution < -0.4 is 4.74 Å². The molecule has 0 radical (unpaired) electrons. The van der Waals surface area contributed by atoms with Crippen molar-refractivity contribution in [2.24, 2.45) is 5.41 Å². The van der Waals surface area contributed by atoms with Gasteiger partial charge >= 0.3 is 6.11 Å². The largest absolute Gasteiger partial charge is 0.433 e. The fourth-order valence-corrected chi connectivity index (χ4v) is 3.77. The second-order valence-electron chi connectivity index (χ2n) is 8.33. The van der Waals surface area contributed by atoms with E-state index in [1.165, 1.54) is 36.9 Å². The molecule has 1 atom stereocenters. The van der Waals surface area contributed by atoms with Crippen LogP contribution in [-0.4, -0.2) is 21.2 Å². The third kappa shape index (κ3) is 4.67. The van der Waals surface area contributed by atoms with Crippen molar-refractivity contribution in [1.82, 2.24) is 9.97 Å². The van der Waals surface area contributed by atoms with Crippen LogP contribution in [0, 0.1) is 11.2 Å². The number of hydrogen-bond acceptors (Lipinski definition) is 4. The number of hydrogen-bond donors (Lipinski definition) is 1. The van der Waals surface area contributed by atoms with E-state index < -0.39 is 22.9 Å². The van der Waals surface area contributed by atoms with Gasteiger partial charge in [0.2, 0.25) is 0 Å². The Labute approximate surface area is 183 Å². The van der Waals surface area contributed by atoms with Crippen LogP contribution in [0.15, 0.2) is 55.1 Å². The number of aromatic nitrogens is 2. The number of benzene rings is 2. The standard InChI is InChI=1S/C23H22ClF3N2O2/c1-21(2,3)23(30,15-11-28-13-29-12-15)18-8-5-14(9-19(18)24)17-7-6-16(10-20(17)25)31-22(4,26)27/h5-13,30H,1-4H3. The van der Waals surface area contributed by atoms with E-state index in [0.29, 0.717) is 23.6 Å². The molecule has 0 spiro atoms.